The first-order valence-corrected chi connectivity index (χ1v) is 10.6. The zero-order chi connectivity index (χ0) is 17.6. The van der Waals surface area contributed by atoms with Crippen LogP contribution in [0.15, 0.2) is 42.5 Å². The van der Waals surface area contributed by atoms with Crippen molar-refractivity contribution in [1.82, 2.24) is 0 Å². The van der Waals surface area contributed by atoms with E-state index in [0.29, 0.717) is 17.6 Å². The molecular formula is C20H23NO2S2. The molecule has 0 aliphatic carbocycles. The highest BCUT2D eigenvalue weighted by Gasteiger charge is 2.18. The third-order valence-electron chi connectivity index (χ3n) is 4.05. The standard InChI is InChI=1S/C20H23NO2S2/c1-14-5-3-6-15(2)19(14)23-10-9-18(22)21-17-8-4-7-16(13-17)20-24-11-12-25-20/h3-8,13,20H,9-12H2,1-2H3,(H,21,22). The average molecular weight is 374 g/mol. The molecule has 1 amide bonds. The van der Waals surface area contributed by atoms with Crippen molar-refractivity contribution in [3.05, 3.63) is 59.2 Å². The molecule has 0 aromatic heterocycles. The third-order valence-corrected chi connectivity index (χ3v) is 7.15. The van der Waals surface area contributed by atoms with Crippen LogP contribution in [0, 0.1) is 13.8 Å². The van der Waals surface area contributed by atoms with Gasteiger partial charge in [0.05, 0.1) is 17.6 Å². The summed E-state index contributed by atoms with van der Waals surface area (Å²) in [6.07, 6.45) is 0.338. The highest BCUT2D eigenvalue weighted by molar-refractivity contribution is 8.19. The first kappa shape index (κ1) is 18.2. The highest BCUT2D eigenvalue weighted by atomic mass is 32.2. The van der Waals surface area contributed by atoms with E-state index < -0.39 is 0 Å². The van der Waals surface area contributed by atoms with E-state index in [1.54, 1.807) is 0 Å². The second kappa shape index (κ2) is 8.68. The zero-order valence-corrected chi connectivity index (χ0v) is 16.2. The van der Waals surface area contributed by atoms with Crippen molar-refractivity contribution in [2.24, 2.45) is 0 Å². The fourth-order valence-corrected chi connectivity index (χ4v) is 5.65. The zero-order valence-electron chi connectivity index (χ0n) is 14.6. The summed E-state index contributed by atoms with van der Waals surface area (Å²) in [4.78, 5) is 12.2. The molecule has 1 aliphatic rings. The Morgan fingerprint density at radius 2 is 1.80 bits per heavy atom. The van der Waals surface area contributed by atoms with Gasteiger partial charge >= 0.3 is 0 Å². The number of rotatable bonds is 6. The lowest BCUT2D eigenvalue weighted by Gasteiger charge is -2.13. The number of hydrogen-bond acceptors (Lipinski definition) is 4. The average Bonchev–Trinajstić information content (AvgIpc) is 3.12. The first-order chi connectivity index (χ1) is 12.1. The van der Waals surface area contributed by atoms with Crippen LogP contribution in [0.2, 0.25) is 0 Å². The maximum Gasteiger partial charge on any atom is 0.227 e. The van der Waals surface area contributed by atoms with Gasteiger partial charge in [0.25, 0.3) is 0 Å². The third kappa shape index (κ3) is 4.95. The van der Waals surface area contributed by atoms with Gasteiger partial charge in [0.2, 0.25) is 5.91 Å². The van der Waals surface area contributed by atoms with Crippen LogP contribution in [0.25, 0.3) is 0 Å². The number of para-hydroxylation sites is 1. The fraction of sp³-hybridized carbons (Fsp3) is 0.350. The summed E-state index contributed by atoms with van der Waals surface area (Å²) in [7, 11) is 0. The van der Waals surface area contributed by atoms with Crippen LogP contribution in [0.1, 0.15) is 27.7 Å². The van der Waals surface area contributed by atoms with E-state index in [2.05, 4.69) is 17.4 Å². The molecule has 0 spiro atoms. The Balaban J connectivity index is 1.52. The van der Waals surface area contributed by atoms with Gasteiger partial charge in [-0.2, -0.15) is 0 Å². The van der Waals surface area contributed by atoms with Crippen molar-refractivity contribution < 1.29 is 9.53 Å². The number of ether oxygens (including phenoxy) is 1. The SMILES string of the molecule is Cc1cccc(C)c1OCCC(=O)Nc1cccc(C2SCCS2)c1. The monoisotopic (exact) mass is 373 g/mol. The number of nitrogens with one attached hydrogen (secondary N) is 1. The molecule has 0 atom stereocenters. The summed E-state index contributed by atoms with van der Waals surface area (Å²) in [5.41, 5.74) is 4.33. The van der Waals surface area contributed by atoms with Crippen molar-refractivity contribution in [2.75, 3.05) is 23.4 Å². The summed E-state index contributed by atoms with van der Waals surface area (Å²) < 4.78 is 6.30. The number of amides is 1. The highest BCUT2D eigenvalue weighted by Crippen LogP contribution is 2.45. The lowest BCUT2D eigenvalue weighted by molar-refractivity contribution is -0.116. The molecule has 25 heavy (non-hydrogen) atoms. The smallest absolute Gasteiger partial charge is 0.227 e. The van der Waals surface area contributed by atoms with Gasteiger partial charge in [-0.15, -0.1) is 23.5 Å². The summed E-state index contributed by atoms with van der Waals surface area (Å²) >= 11 is 3.93. The van der Waals surface area contributed by atoms with Crippen molar-refractivity contribution in [3.8, 4) is 5.75 Å². The number of benzene rings is 2. The largest absolute Gasteiger partial charge is 0.493 e. The number of anilines is 1. The summed E-state index contributed by atoms with van der Waals surface area (Å²) in [6, 6.07) is 14.2. The van der Waals surface area contributed by atoms with Crippen LogP contribution < -0.4 is 10.1 Å². The van der Waals surface area contributed by atoms with E-state index in [1.807, 2.05) is 67.7 Å². The Labute approximate surface area is 157 Å². The van der Waals surface area contributed by atoms with Gasteiger partial charge < -0.3 is 10.1 Å². The minimum atomic E-state index is -0.0184. The molecule has 1 heterocycles. The molecule has 0 radical (unpaired) electrons. The van der Waals surface area contributed by atoms with E-state index in [-0.39, 0.29) is 5.91 Å². The van der Waals surface area contributed by atoms with Crippen LogP contribution in [0.4, 0.5) is 5.69 Å². The minimum absolute atomic E-state index is 0.0184. The lowest BCUT2D eigenvalue weighted by Crippen LogP contribution is -2.15. The normalized spacial score (nSPS) is 14.5. The lowest BCUT2D eigenvalue weighted by atomic mass is 10.1. The van der Waals surface area contributed by atoms with E-state index in [4.69, 9.17) is 4.74 Å². The molecule has 2 aromatic carbocycles. The molecular weight excluding hydrogens is 350 g/mol. The van der Waals surface area contributed by atoms with Crippen LogP contribution in [-0.4, -0.2) is 24.0 Å². The van der Waals surface area contributed by atoms with E-state index in [9.17, 15) is 4.79 Å². The number of hydrogen-bond donors (Lipinski definition) is 1. The van der Waals surface area contributed by atoms with Gasteiger partial charge in [-0.1, -0.05) is 30.3 Å². The van der Waals surface area contributed by atoms with Crippen molar-refractivity contribution in [2.45, 2.75) is 24.9 Å². The fourth-order valence-electron chi connectivity index (χ4n) is 2.81. The van der Waals surface area contributed by atoms with Gasteiger partial charge in [0.1, 0.15) is 5.75 Å². The Kier molecular flexibility index (Phi) is 6.32. The molecule has 2 aromatic rings. The molecule has 1 fully saturated rings. The molecule has 0 saturated carbocycles. The number of carbonyl (C=O) groups excluding carboxylic acids is 1. The summed E-state index contributed by atoms with van der Waals surface area (Å²) in [5.74, 6) is 3.26. The Hall–Kier alpha value is -1.59. The van der Waals surface area contributed by atoms with Gasteiger partial charge in [-0.25, -0.2) is 0 Å². The van der Waals surface area contributed by atoms with Crippen LogP contribution in [-0.2, 0) is 4.79 Å². The molecule has 1 aliphatic heterocycles. The number of thioether (sulfide) groups is 2. The van der Waals surface area contributed by atoms with Crippen molar-refractivity contribution in [1.29, 1.82) is 0 Å². The first-order valence-electron chi connectivity index (χ1n) is 8.45. The van der Waals surface area contributed by atoms with Gasteiger partial charge in [0, 0.05) is 17.2 Å². The summed E-state index contributed by atoms with van der Waals surface area (Å²) in [5, 5.41) is 2.98. The van der Waals surface area contributed by atoms with E-state index in [0.717, 1.165) is 22.6 Å². The van der Waals surface area contributed by atoms with E-state index in [1.165, 1.54) is 17.1 Å². The molecule has 0 unspecified atom stereocenters. The van der Waals surface area contributed by atoms with Crippen LogP contribution >= 0.6 is 23.5 Å². The molecule has 132 valence electrons. The maximum absolute atomic E-state index is 12.2. The predicted molar refractivity (Wildman–Crippen MR) is 109 cm³/mol. The molecule has 3 nitrogen and oxygen atoms in total. The van der Waals surface area contributed by atoms with Crippen molar-refractivity contribution in [3.63, 3.8) is 0 Å². The molecule has 1 saturated heterocycles. The predicted octanol–water partition coefficient (Wildman–Crippen LogP) is 5.19. The van der Waals surface area contributed by atoms with E-state index >= 15 is 0 Å². The second-order valence-electron chi connectivity index (χ2n) is 6.07. The number of carbonyl (C=O) groups is 1. The van der Waals surface area contributed by atoms with Crippen molar-refractivity contribution >= 4 is 35.1 Å². The van der Waals surface area contributed by atoms with Gasteiger partial charge in [-0.3, -0.25) is 4.79 Å². The van der Waals surface area contributed by atoms with Gasteiger partial charge in [0.15, 0.2) is 0 Å². The molecule has 5 heteroatoms. The summed E-state index contributed by atoms with van der Waals surface area (Å²) in [6.45, 7) is 4.42. The van der Waals surface area contributed by atoms with Crippen LogP contribution in [0.3, 0.4) is 0 Å². The minimum Gasteiger partial charge on any atom is -0.493 e. The molecule has 3 rings (SSSR count). The topological polar surface area (TPSA) is 38.3 Å². The van der Waals surface area contributed by atoms with Crippen LogP contribution in [0.5, 0.6) is 5.75 Å². The molecule has 0 bridgehead atoms. The maximum atomic E-state index is 12.2. The molecule has 1 N–H and O–H groups in total. The second-order valence-corrected chi connectivity index (χ2v) is 8.79. The quantitative estimate of drug-likeness (QED) is 0.756. The van der Waals surface area contributed by atoms with Gasteiger partial charge in [-0.05, 0) is 42.7 Å². The Bertz CT molecular complexity index is 722. The Morgan fingerprint density at radius 1 is 1.12 bits per heavy atom. The number of aryl methyl sites for hydroxylation is 2. The Morgan fingerprint density at radius 3 is 2.52 bits per heavy atom.